The van der Waals surface area contributed by atoms with Crippen molar-refractivity contribution in [3.05, 3.63) is 40.3 Å². The van der Waals surface area contributed by atoms with Gasteiger partial charge in [-0.2, -0.15) is 0 Å². The lowest BCUT2D eigenvalue weighted by molar-refractivity contribution is -0.137. The van der Waals surface area contributed by atoms with Crippen LogP contribution in [0.3, 0.4) is 0 Å². The predicted molar refractivity (Wildman–Crippen MR) is 67.9 cm³/mol. The van der Waals surface area contributed by atoms with Crippen LogP contribution in [0.25, 0.3) is 11.3 Å². The first-order valence-electron chi connectivity index (χ1n) is 5.18. The second-order valence-corrected chi connectivity index (χ2v) is 4.48. The van der Waals surface area contributed by atoms with Gasteiger partial charge in [0, 0.05) is 17.0 Å². The van der Waals surface area contributed by atoms with Crippen LogP contribution < -0.4 is 0 Å². The summed E-state index contributed by atoms with van der Waals surface area (Å²) in [4.78, 5) is 14.4. The normalized spacial score (nSPS) is 10.6. The zero-order valence-corrected chi connectivity index (χ0v) is 10.7. The standard InChI is InChI=1S/C12H9Cl2NO3/c13-7-1-2-9(14)8(5-7)10-6-15-11(18-10)3-4-12(16)17/h1-2,5-6H,3-4H2,(H,16,17). The van der Waals surface area contributed by atoms with Gasteiger partial charge in [-0.15, -0.1) is 0 Å². The Morgan fingerprint density at radius 1 is 1.39 bits per heavy atom. The van der Waals surface area contributed by atoms with Crippen molar-refractivity contribution in [3.63, 3.8) is 0 Å². The van der Waals surface area contributed by atoms with E-state index in [9.17, 15) is 4.79 Å². The predicted octanol–water partition coefficient (Wildman–Crippen LogP) is 3.67. The van der Waals surface area contributed by atoms with Crippen LogP contribution in [0.15, 0.2) is 28.8 Å². The molecule has 4 nitrogen and oxygen atoms in total. The summed E-state index contributed by atoms with van der Waals surface area (Å²) in [6.07, 6.45) is 1.73. The van der Waals surface area contributed by atoms with E-state index in [1.54, 1.807) is 18.2 Å². The number of benzene rings is 1. The fraction of sp³-hybridized carbons (Fsp3) is 0.167. The molecule has 1 aromatic carbocycles. The van der Waals surface area contributed by atoms with Crippen molar-refractivity contribution in [2.45, 2.75) is 12.8 Å². The van der Waals surface area contributed by atoms with E-state index in [0.29, 0.717) is 27.3 Å². The van der Waals surface area contributed by atoms with E-state index in [4.69, 9.17) is 32.7 Å². The van der Waals surface area contributed by atoms with Crippen molar-refractivity contribution in [2.75, 3.05) is 0 Å². The molecule has 94 valence electrons. The Morgan fingerprint density at radius 3 is 2.89 bits per heavy atom. The van der Waals surface area contributed by atoms with E-state index in [-0.39, 0.29) is 12.8 Å². The summed E-state index contributed by atoms with van der Waals surface area (Å²) in [6.45, 7) is 0. The summed E-state index contributed by atoms with van der Waals surface area (Å²) in [5, 5.41) is 9.61. The third-order valence-corrected chi connectivity index (χ3v) is 2.86. The highest BCUT2D eigenvalue weighted by Crippen LogP contribution is 2.31. The lowest BCUT2D eigenvalue weighted by atomic mass is 10.2. The average molecular weight is 286 g/mol. The molecule has 0 amide bonds. The highest BCUT2D eigenvalue weighted by Gasteiger charge is 2.11. The first kappa shape index (κ1) is 12.9. The minimum atomic E-state index is -0.893. The molecule has 0 atom stereocenters. The molecular formula is C12H9Cl2NO3. The number of carbonyl (C=O) groups is 1. The van der Waals surface area contributed by atoms with E-state index in [1.807, 2.05) is 0 Å². The Labute approximate surface area is 113 Å². The van der Waals surface area contributed by atoms with Crippen LogP contribution in [-0.2, 0) is 11.2 Å². The van der Waals surface area contributed by atoms with Crippen LogP contribution in [-0.4, -0.2) is 16.1 Å². The van der Waals surface area contributed by atoms with Gasteiger partial charge in [0.25, 0.3) is 0 Å². The molecule has 18 heavy (non-hydrogen) atoms. The Bertz CT molecular complexity index is 580. The Hall–Kier alpha value is -1.52. The topological polar surface area (TPSA) is 63.3 Å². The number of aromatic nitrogens is 1. The molecular weight excluding hydrogens is 277 g/mol. The molecule has 0 spiro atoms. The number of halogens is 2. The third kappa shape index (κ3) is 3.03. The van der Waals surface area contributed by atoms with Gasteiger partial charge in [-0.1, -0.05) is 23.2 Å². The average Bonchev–Trinajstić information content (AvgIpc) is 2.78. The van der Waals surface area contributed by atoms with Gasteiger partial charge in [0.05, 0.1) is 17.6 Å². The first-order valence-corrected chi connectivity index (χ1v) is 5.94. The molecule has 2 aromatic rings. The molecule has 0 bridgehead atoms. The molecule has 0 saturated carbocycles. The molecule has 0 unspecified atom stereocenters. The summed E-state index contributed by atoms with van der Waals surface area (Å²) >= 11 is 11.9. The van der Waals surface area contributed by atoms with Crippen molar-refractivity contribution in [1.29, 1.82) is 0 Å². The molecule has 0 fully saturated rings. The van der Waals surface area contributed by atoms with E-state index in [0.717, 1.165) is 0 Å². The highest BCUT2D eigenvalue weighted by atomic mass is 35.5. The van der Waals surface area contributed by atoms with Crippen molar-refractivity contribution in [3.8, 4) is 11.3 Å². The summed E-state index contributed by atoms with van der Waals surface area (Å²) in [6, 6.07) is 5.01. The number of hydrogen-bond donors (Lipinski definition) is 1. The maximum absolute atomic E-state index is 10.4. The number of rotatable bonds is 4. The number of oxazole rings is 1. The van der Waals surface area contributed by atoms with Gasteiger partial charge in [0.15, 0.2) is 11.7 Å². The van der Waals surface area contributed by atoms with Gasteiger partial charge in [0.2, 0.25) is 0 Å². The number of hydrogen-bond acceptors (Lipinski definition) is 3. The first-order chi connectivity index (χ1) is 8.56. The number of nitrogens with zero attached hydrogens (tertiary/aromatic N) is 1. The van der Waals surface area contributed by atoms with Crippen LogP contribution in [0.2, 0.25) is 10.0 Å². The Kier molecular flexibility index (Phi) is 3.89. The maximum atomic E-state index is 10.4. The number of aryl methyl sites for hydroxylation is 1. The molecule has 0 aliphatic rings. The van der Waals surface area contributed by atoms with Gasteiger partial charge in [-0.3, -0.25) is 4.79 Å². The Morgan fingerprint density at radius 2 is 2.17 bits per heavy atom. The van der Waals surface area contributed by atoms with Gasteiger partial charge in [0.1, 0.15) is 0 Å². The smallest absolute Gasteiger partial charge is 0.303 e. The largest absolute Gasteiger partial charge is 0.481 e. The quantitative estimate of drug-likeness (QED) is 0.931. The second-order valence-electron chi connectivity index (χ2n) is 3.64. The monoisotopic (exact) mass is 285 g/mol. The minimum absolute atomic E-state index is 0.0246. The molecule has 1 aromatic heterocycles. The number of carboxylic acids is 1. The van der Waals surface area contributed by atoms with Crippen molar-refractivity contribution < 1.29 is 14.3 Å². The maximum Gasteiger partial charge on any atom is 0.303 e. The minimum Gasteiger partial charge on any atom is -0.481 e. The van der Waals surface area contributed by atoms with Crippen molar-refractivity contribution >= 4 is 29.2 Å². The number of carboxylic acid groups (broad SMARTS) is 1. The third-order valence-electron chi connectivity index (χ3n) is 2.30. The van der Waals surface area contributed by atoms with Gasteiger partial charge >= 0.3 is 5.97 Å². The summed E-state index contributed by atoms with van der Waals surface area (Å²) in [5.41, 5.74) is 0.637. The van der Waals surface area contributed by atoms with Crippen molar-refractivity contribution in [1.82, 2.24) is 4.98 Å². The van der Waals surface area contributed by atoms with E-state index < -0.39 is 5.97 Å². The van der Waals surface area contributed by atoms with Crippen LogP contribution in [0.5, 0.6) is 0 Å². The lowest BCUT2D eigenvalue weighted by Gasteiger charge is -2.00. The van der Waals surface area contributed by atoms with Crippen LogP contribution in [0, 0.1) is 0 Å². The highest BCUT2D eigenvalue weighted by molar-refractivity contribution is 6.35. The van der Waals surface area contributed by atoms with Gasteiger partial charge in [-0.25, -0.2) is 4.98 Å². The molecule has 1 heterocycles. The summed E-state index contributed by atoms with van der Waals surface area (Å²) in [7, 11) is 0. The zero-order valence-electron chi connectivity index (χ0n) is 9.19. The van der Waals surface area contributed by atoms with E-state index in [1.165, 1.54) is 6.20 Å². The number of aliphatic carboxylic acids is 1. The molecule has 0 aliphatic carbocycles. The molecule has 0 saturated heterocycles. The van der Waals surface area contributed by atoms with Crippen LogP contribution in [0.1, 0.15) is 12.3 Å². The van der Waals surface area contributed by atoms with Crippen molar-refractivity contribution in [2.24, 2.45) is 0 Å². The molecule has 1 N–H and O–H groups in total. The lowest BCUT2D eigenvalue weighted by Crippen LogP contribution is -1.97. The van der Waals surface area contributed by atoms with Gasteiger partial charge in [-0.05, 0) is 18.2 Å². The SMILES string of the molecule is O=C(O)CCc1ncc(-c2cc(Cl)ccc2Cl)o1. The zero-order chi connectivity index (χ0) is 13.1. The molecule has 0 radical (unpaired) electrons. The fourth-order valence-electron chi connectivity index (χ4n) is 1.45. The van der Waals surface area contributed by atoms with E-state index in [2.05, 4.69) is 4.98 Å². The molecule has 6 heteroatoms. The molecule has 0 aliphatic heterocycles. The molecule has 2 rings (SSSR count). The Balaban J connectivity index is 2.23. The second kappa shape index (κ2) is 5.42. The van der Waals surface area contributed by atoms with Crippen LogP contribution >= 0.6 is 23.2 Å². The summed E-state index contributed by atoms with van der Waals surface area (Å²) < 4.78 is 5.44. The fourth-order valence-corrected chi connectivity index (χ4v) is 1.83. The van der Waals surface area contributed by atoms with Gasteiger partial charge < -0.3 is 9.52 Å². The summed E-state index contributed by atoms with van der Waals surface area (Å²) in [5.74, 6) is -0.0538. The van der Waals surface area contributed by atoms with Crippen LogP contribution in [0.4, 0.5) is 0 Å². The van der Waals surface area contributed by atoms with E-state index >= 15 is 0 Å².